The second-order valence-corrected chi connectivity index (χ2v) is 8.88. The molecule has 3 N–H and O–H groups in total. The van der Waals surface area contributed by atoms with Crippen LogP contribution in [0.5, 0.6) is 0 Å². The maximum atomic E-state index is 8.83. The molecule has 0 aliphatic carbocycles. The molecule has 9 heteroatoms. The first-order valence-corrected chi connectivity index (χ1v) is 11.7. The molecule has 0 atom stereocenters. The number of nitriles is 1. The number of benzene rings is 2. The second-order valence-electron chi connectivity index (χ2n) is 7.17. The van der Waals surface area contributed by atoms with E-state index in [-0.39, 0.29) is 5.96 Å². The Morgan fingerprint density at radius 1 is 0.941 bits per heavy atom. The van der Waals surface area contributed by atoms with E-state index in [1.165, 1.54) is 11.9 Å². The van der Waals surface area contributed by atoms with E-state index < -0.39 is 0 Å². The summed E-state index contributed by atoms with van der Waals surface area (Å²) in [5, 5.41) is 13.3. The number of nitrogens with one attached hydrogen (secondary N) is 1. The molecule has 0 unspecified atom stereocenters. The summed E-state index contributed by atoms with van der Waals surface area (Å²) >= 11 is 13.3. The number of rotatable bonds is 6. The van der Waals surface area contributed by atoms with Crippen molar-refractivity contribution < 1.29 is 0 Å². The summed E-state index contributed by atoms with van der Waals surface area (Å²) < 4.78 is 4.26. The Morgan fingerprint density at radius 2 is 1.62 bits per heavy atom. The van der Waals surface area contributed by atoms with E-state index in [0.717, 1.165) is 32.8 Å². The molecular formula is C25H18Cl2N6S. The van der Waals surface area contributed by atoms with Gasteiger partial charge in [-0.1, -0.05) is 47.5 Å². The van der Waals surface area contributed by atoms with Crippen molar-refractivity contribution in [2.45, 2.75) is 11.4 Å². The van der Waals surface area contributed by atoms with Gasteiger partial charge in [0, 0.05) is 57.0 Å². The van der Waals surface area contributed by atoms with E-state index in [1.807, 2.05) is 54.6 Å². The predicted molar refractivity (Wildman–Crippen MR) is 138 cm³/mol. The highest BCUT2D eigenvalue weighted by Crippen LogP contribution is 2.32. The summed E-state index contributed by atoms with van der Waals surface area (Å²) in [6.45, 7) is 0.440. The lowest BCUT2D eigenvalue weighted by atomic mass is 9.98. The Balaban J connectivity index is 1.53. The Bertz CT molecular complexity index is 1350. The van der Waals surface area contributed by atoms with Crippen molar-refractivity contribution in [1.82, 2.24) is 15.3 Å². The molecule has 0 aliphatic heterocycles. The van der Waals surface area contributed by atoms with E-state index in [0.29, 0.717) is 22.3 Å². The molecule has 0 aliphatic rings. The molecule has 34 heavy (non-hydrogen) atoms. The average Bonchev–Trinajstić information content (AvgIpc) is 2.87. The van der Waals surface area contributed by atoms with Crippen molar-refractivity contribution in [2.24, 2.45) is 10.1 Å². The van der Waals surface area contributed by atoms with Crippen LogP contribution in [0.25, 0.3) is 22.4 Å². The topological polar surface area (TPSA) is 100.0 Å². The van der Waals surface area contributed by atoms with Crippen LogP contribution in [0.3, 0.4) is 0 Å². The fraction of sp³-hybridized carbons (Fsp3) is 0.0400. The van der Waals surface area contributed by atoms with Crippen LogP contribution in [0.1, 0.15) is 11.3 Å². The molecular weight excluding hydrogens is 487 g/mol. The van der Waals surface area contributed by atoms with Gasteiger partial charge in [0.05, 0.1) is 5.69 Å². The maximum Gasteiger partial charge on any atom is 0.201 e. The quantitative estimate of drug-likeness (QED) is 0.187. The minimum atomic E-state index is 0.268. The summed E-state index contributed by atoms with van der Waals surface area (Å²) in [6.07, 6.45) is 3.39. The summed E-state index contributed by atoms with van der Waals surface area (Å²) in [5.41, 5.74) is 11.1. The zero-order valence-corrected chi connectivity index (χ0v) is 20.1. The van der Waals surface area contributed by atoms with Crippen LogP contribution in [0.2, 0.25) is 10.0 Å². The van der Waals surface area contributed by atoms with Gasteiger partial charge in [-0.05, 0) is 53.6 Å². The molecule has 0 saturated carbocycles. The van der Waals surface area contributed by atoms with Crippen molar-refractivity contribution in [2.75, 3.05) is 0 Å². The lowest BCUT2D eigenvalue weighted by Crippen LogP contribution is -2.30. The largest absolute Gasteiger partial charge is 0.369 e. The molecule has 0 bridgehead atoms. The zero-order valence-electron chi connectivity index (χ0n) is 17.7. The first-order chi connectivity index (χ1) is 16.5. The normalized spacial score (nSPS) is 11.1. The minimum absolute atomic E-state index is 0.268. The number of nitrogens with zero attached hydrogens (tertiary/aromatic N) is 4. The van der Waals surface area contributed by atoms with E-state index >= 15 is 0 Å². The molecule has 4 aromatic rings. The van der Waals surface area contributed by atoms with Crippen molar-refractivity contribution in [3.05, 3.63) is 100 Å². The van der Waals surface area contributed by atoms with Gasteiger partial charge in [-0.2, -0.15) is 9.66 Å². The molecule has 4 rings (SSSR count). The molecule has 2 aromatic carbocycles. The first-order valence-electron chi connectivity index (χ1n) is 10.1. The molecule has 2 heterocycles. The Labute approximate surface area is 211 Å². The number of pyridine rings is 2. The van der Waals surface area contributed by atoms with Crippen LogP contribution in [0.15, 0.2) is 88.4 Å². The van der Waals surface area contributed by atoms with Crippen molar-refractivity contribution in [3.8, 4) is 28.5 Å². The van der Waals surface area contributed by atoms with Crippen LogP contribution in [-0.4, -0.2) is 15.9 Å². The third kappa shape index (κ3) is 6.06. The van der Waals surface area contributed by atoms with Crippen LogP contribution in [0, 0.1) is 11.3 Å². The van der Waals surface area contributed by atoms with Crippen LogP contribution in [-0.2, 0) is 6.54 Å². The molecule has 0 radical (unpaired) electrons. The lowest BCUT2D eigenvalue weighted by molar-refractivity contribution is 0.900. The van der Waals surface area contributed by atoms with Gasteiger partial charge in [-0.25, -0.2) is 4.98 Å². The minimum Gasteiger partial charge on any atom is -0.369 e. The predicted octanol–water partition coefficient (Wildman–Crippen LogP) is 6.10. The fourth-order valence-electron chi connectivity index (χ4n) is 3.12. The van der Waals surface area contributed by atoms with E-state index in [9.17, 15) is 0 Å². The standard InChI is InChI=1S/C25H18Cl2N6S/c26-19-5-1-17(2-6-19)23-11-16(13-31-24(23)18-3-7-20(27)8-4-18)14-32-25(29)33-34-22-10-9-21(12-28)30-15-22/h1-11,13,15H,14H2,(H3,29,32,33). The summed E-state index contributed by atoms with van der Waals surface area (Å²) in [5.74, 6) is 0.268. The van der Waals surface area contributed by atoms with Gasteiger partial charge in [0.2, 0.25) is 5.96 Å². The van der Waals surface area contributed by atoms with E-state index in [2.05, 4.69) is 20.8 Å². The van der Waals surface area contributed by atoms with Crippen LogP contribution in [0.4, 0.5) is 0 Å². The van der Waals surface area contributed by atoms with Gasteiger partial charge in [0.25, 0.3) is 0 Å². The van der Waals surface area contributed by atoms with Gasteiger partial charge in [0.15, 0.2) is 0 Å². The van der Waals surface area contributed by atoms with Gasteiger partial charge in [-0.3, -0.25) is 4.98 Å². The summed E-state index contributed by atoms with van der Waals surface area (Å²) in [6, 6.07) is 22.7. The number of aromatic nitrogens is 2. The average molecular weight is 505 g/mol. The number of hydrogen-bond donors (Lipinski definition) is 2. The van der Waals surface area contributed by atoms with E-state index in [4.69, 9.17) is 39.2 Å². The van der Waals surface area contributed by atoms with Gasteiger partial charge >= 0.3 is 0 Å². The molecule has 0 amide bonds. The Hall–Kier alpha value is -3.57. The van der Waals surface area contributed by atoms with Gasteiger partial charge in [-0.15, -0.1) is 0 Å². The molecule has 168 valence electrons. The van der Waals surface area contributed by atoms with Crippen LogP contribution < -0.4 is 11.1 Å². The van der Waals surface area contributed by atoms with Crippen molar-refractivity contribution >= 4 is 41.1 Å². The third-order valence-corrected chi connectivity index (χ3v) is 6.04. The number of nitrogens with two attached hydrogens (primary N) is 1. The van der Waals surface area contributed by atoms with Gasteiger partial charge in [0.1, 0.15) is 11.8 Å². The molecule has 0 spiro atoms. The van der Waals surface area contributed by atoms with Crippen molar-refractivity contribution in [1.29, 1.82) is 5.26 Å². The SMILES string of the molecule is N#Cc1ccc(S/N=C(\N)NCc2cnc(-c3ccc(Cl)cc3)c(-c3ccc(Cl)cc3)c2)cn1. The molecule has 0 fully saturated rings. The zero-order chi connectivity index (χ0) is 23.9. The van der Waals surface area contributed by atoms with E-state index in [1.54, 1.807) is 24.5 Å². The number of halogens is 2. The first kappa shape index (κ1) is 23.6. The Kier molecular flexibility index (Phi) is 7.65. The van der Waals surface area contributed by atoms with Crippen LogP contribution >= 0.6 is 35.1 Å². The molecule has 0 saturated heterocycles. The second kappa shape index (κ2) is 11.0. The summed E-state index contributed by atoms with van der Waals surface area (Å²) in [4.78, 5) is 9.52. The smallest absolute Gasteiger partial charge is 0.201 e. The highest BCUT2D eigenvalue weighted by Gasteiger charge is 2.11. The van der Waals surface area contributed by atoms with Gasteiger partial charge < -0.3 is 11.1 Å². The van der Waals surface area contributed by atoms with Crippen molar-refractivity contribution in [3.63, 3.8) is 0 Å². The maximum absolute atomic E-state index is 8.83. The fourth-order valence-corrected chi connectivity index (χ4v) is 3.87. The summed E-state index contributed by atoms with van der Waals surface area (Å²) in [7, 11) is 0. The monoisotopic (exact) mass is 504 g/mol. The number of guanidine groups is 1. The highest BCUT2D eigenvalue weighted by molar-refractivity contribution is 7.98. The molecule has 6 nitrogen and oxygen atoms in total. The third-order valence-electron chi connectivity index (χ3n) is 4.79. The Morgan fingerprint density at radius 3 is 2.24 bits per heavy atom. The molecule has 2 aromatic heterocycles. The lowest BCUT2D eigenvalue weighted by Gasteiger charge is -2.13. The number of hydrogen-bond acceptors (Lipinski definition) is 5. The highest BCUT2D eigenvalue weighted by atomic mass is 35.5.